The van der Waals surface area contributed by atoms with Crippen LogP contribution in [0.25, 0.3) is 0 Å². The summed E-state index contributed by atoms with van der Waals surface area (Å²) in [6, 6.07) is 13.7. The third-order valence-corrected chi connectivity index (χ3v) is 6.89. The van der Waals surface area contributed by atoms with Crippen molar-refractivity contribution in [3.05, 3.63) is 82.0 Å². The third kappa shape index (κ3) is 7.11. The standard InChI is InChI=1S/C25H25ClF3N5OS/c1-33-9-11-34(12-10-33)22-14-21(26)31-24(32-22)36-16-17-5-7-19(8-6-17)23(35)30-15-18-3-2-4-20(13-18)25(27,28)29/h2-8,13-14H,9-12,15-16H2,1H3,(H,30,35). The highest BCUT2D eigenvalue weighted by atomic mass is 35.5. The van der Waals surface area contributed by atoms with E-state index in [9.17, 15) is 18.0 Å². The molecule has 0 bridgehead atoms. The lowest BCUT2D eigenvalue weighted by Crippen LogP contribution is -2.44. The van der Waals surface area contributed by atoms with Crippen LogP contribution in [0.1, 0.15) is 27.0 Å². The summed E-state index contributed by atoms with van der Waals surface area (Å²) in [4.78, 5) is 25.9. The molecular formula is C25H25ClF3N5OS. The highest BCUT2D eigenvalue weighted by Crippen LogP contribution is 2.29. The molecule has 1 aliphatic rings. The summed E-state index contributed by atoms with van der Waals surface area (Å²) in [7, 11) is 2.09. The second-order valence-corrected chi connectivity index (χ2v) is 9.82. The second-order valence-electron chi connectivity index (χ2n) is 8.49. The van der Waals surface area contributed by atoms with E-state index in [-0.39, 0.29) is 12.5 Å². The molecule has 1 amide bonds. The summed E-state index contributed by atoms with van der Waals surface area (Å²) in [6.07, 6.45) is -4.42. The van der Waals surface area contributed by atoms with Crippen LogP contribution in [-0.2, 0) is 18.5 Å². The molecule has 1 aliphatic heterocycles. The van der Waals surface area contributed by atoms with Gasteiger partial charge >= 0.3 is 6.18 Å². The van der Waals surface area contributed by atoms with E-state index >= 15 is 0 Å². The Labute approximate surface area is 216 Å². The van der Waals surface area contributed by atoms with Crippen molar-refractivity contribution in [2.45, 2.75) is 23.6 Å². The molecule has 11 heteroatoms. The molecule has 1 N–H and O–H groups in total. The Morgan fingerprint density at radius 1 is 1.03 bits per heavy atom. The van der Waals surface area contributed by atoms with Gasteiger partial charge in [-0.05, 0) is 42.4 Å². The minimum absolute atomic E-state index is 0.00208. The van der Waals surface area contributed by atoms with Crippen LogP contribution in [0.2, 0.25) is 5.15 Å². The van der Waals surface area contributed by atoms with Crippen molar-refractivity contribution in [2.24, 2.45) is 0 Å². The highest BCUT2D eigenvalue weighted by Gasteiger charge is 2.30. The number of thioether (sulfide) groups is 1. The second kappa shape index (κ2) is 11.5. The molecule has 3 aromatic rings. The van der Waals surface area contributed by atoms with Gasteiger partial charge in [-0.25, -0.2) is 9.97 Å². The van der Waals surface area contributed by atoms with E-state index in [0.29, 0.717) is 27.2 Å². The van der Waals surface area contributed by atoms with Crippen LogP contribution in [0.3, 0.4) is 0 Å². The van der Waals surface area contributed by atoms with Crippen LogP contribution in [0, 0.1) is 0 Å². The number of amides is 1. The first-order valence-electron chi connectivity index (χ1n) is 11.3. The quantitative estimate of drug-likeness (QED) is 0.257. The van der Waals surface area contributed by atoms with Gasteiger partial charge in [-0.15, -0.1) is 0 Å². The summed E-state index contributed by atoms with van der Waals surface area (Å²) in [5.41, 5.74) is 1.03. The van der Waals surface area contributed by atoms with Crippen LogP contribution < -0.4 is 10.2 Å². The van der Waals surface area contributed by atoms with E-state index in [1.54, 1.807) is 24.3 Å². The number of rotatable bonds is 7. The largest absolute Gasteiger partial charge is 0.416 e. The van der Waals surface area contributed by atoms with Crippen LogP contribution in [0.15, 0.2) is 59.8 Å². The van der Waals surface area contributed by atoms with Gasteiger partial charge in [-0.1, -0.05) is 47.6 Å². The van der Waals surface area contributed by atoms with Gasteiger partial charge in [0.1, 0.15) is 11.0 Å². The summed E-state index contributed by atoms with van der Waals surface area (Å²) >= 11 is 7.69. The van der Waals surface area contributed by atoms with Gasteiger partial charge < -0.3 is 15.1 Å². The zero-order valence-electron chi connectivity index (χ0n) is 19.6. The first-order valence-corrected chi connectivity index (χ1v) is 12.7. The zero-order valence-corrected chi connectivity index (χ0v) is 21.1. The summed E-state index contributed by atoms with van der Waals surface area (Å²) < 4.78 is 38.6. The normalized spacial score (nSPS) is 14.6. The van der Waals surface area contributed by atoms with Crippen LogP contribution in [-0.4, -0.2) is 54.0 Å². The fourth-order valence-corrected chi connectivity index (χ4v) is 4.73. The number of nitrogens with one attached hydrogen (secondary N) is 1. The molecule has 2 heterocycles. The zero-order chi connectivity index (χ0) is 25.7. The Morgan fingerprint density at radius 2 is 1.75 bits per heavy atom. The van der Waals surface area contributed by atoms with E-state index in [0.717, 1.165) is 49.7 Å². The van der Waals surface area contributed by atoms with E-state index in [1.807, 2.05) is 12.1 Å². The maximum absolute atomic E-state index is 12.9. The lowest BCUT2D eigenvalue weighted by atomic mass is 10.1. The number of piperazine rings is 1. The first-order chi connectivity index (χ1) is 17.2. The number of hydrogen-bond acceptors (Lipinski definition) is 6. The molecule has 6 nitrogen and oxygen atoms in total. The van der Waals surface area contributed by atoms with Gasteiger partial charge in [0.2, 0.25) is 0 Å². The maximum atomic E-state index is 12.9. The molecule has 2 aromatic carbocycles. The van der Waals surface area contributed by atoms with Gasteiger partial charge in [-0.3, -0.25) is 4.79 Å². The Hall–Kier alpha value is -2.82. The third-order valence-electron chi connectivity index (χ3n) is 5.78. The van der Waals surface area contributed by atoms with Crippen molar-refractivity contribution >= 4 is 35.1 Å². The Balaban J connectivity index is 1.32. The lowest BCUT2D eigenvalue weighted by Gasteiger charge is -2.33. The Kier molecular flexibility index (Phi) is 8.38. The number of aromatic nitrogens is 2. The van der Waals surface area contributed by atoms with Crippen molar-refractivity contribution in [1.82, 2.24) is 20.2 Å². The van der Waals surface area contributed by atoms with Gasteiger partial charge in [0.15, 0.2) is 5.16 Å². The van der Waals surface area contributed by atoms with Crippen molar-refractivity contribution in [1.29, 1.82) is 0 Å². The van der Waals surface area contributed by atoms with Gasteiger partial charge in [0.05, 0.1) is 5.56 Å². The SMILES string of the molecule is CN1CCN(c2cc(Cl)nc(SCc3ccc(C(=O)NCc4cccc(C(F)(F)F)c4)cc3)n2)CC1. The summed E-state index contributed by atoms with van der Waals surface area (Å²) in [5.74, 6) is 1.05. The van der Waals surface area contributed by atoms with Crippen molar-refractivity contribution in [3.8, 4) is 0 Å². The molecule has 0 spiro atoms. The number of carbonyl (C=O) groups excluding carboxylic acids is 1. The number of hydrogen-bond donors (Lipinski definition) is 1. The first kappa shape index (κ1) is 26.2. The smallest absolute Gasteiger partial charge is 0.354 e. The van der Waals surface area contributed by atoms with E-state index in [2.05, 4.69) is 32.1 Å². The van der Waals surface area contributed by atoms with Gasteiger partial charge in [-0.2, -0.15) is 13.2 Å². The minimum Gasteiger partial charge on any atom is -0.354 e. The van der Waals surface area contributed by atoms with Gasteiger partial charge in [0.25, 0.3) is 5.91 Å². The number of alkyl halides is 3. The van der Waals surface area contributed by atoms with Crippen LogP contribution in [0.4, 0.5) is 19.0 Å². The molecule has 4 rings (SSSR count). The average Bonchev–Trinajstić information content (AvgIpc) is 2.86. The number of nitrogens with zero attached hydrogens (tertiary/aromatic N) is 4. The highest BCUT2D eigenvalue weighted by molar-refractivity contribution is 7.98. The lowest BCUT2D eigenvalue weighted by molar-refractivity contribution is -0.137. The van der Waals surface area contributed by atoms with E-state index < -0.39 is 11.7 Å². The Bertz CT molecular complexity index is 1200. The van der Waals surface area contributed by atoms with Gasteiger partial charge in [0, 0.05) is 50.1 Å². The Morgan fingerprint density at radius 3 is 2.44 bits per heavy atom. The molecule has 0 saturated carbocycles. The molecule has 1 fully saturated rings. The molecule has 36 heavy (non-hydrogen) atoms. The summed E-state index contributed by atoms with van der Waals surface area (Å²) in [6.45, 7) is 3.69. The molecule has 1 saturated heterocycles. The van der Waals surface area contributed by atoms with Crippen molar-refractivity contribution in [3.63, 3.8) is 0 Å². The molecule has 0 radical (unpaired) electrons. The summed E-state index contributed by atoms with van der Waals surface area (Å²) in [5, 5.41) is 3.64. The van der Waals surface area contributed by atoms with E-state index in [1.165, 1.54) is 17.8 Å². The fraction of sp³-hybridized carbons (Fsp3) is 0.320. The molecule has 0 aliphatic carbocycles. The number of carbonyl (C=O) groups is 1. The molecule has 1 aromatic heterocycles. The minimum atomic E-state index is -4.42. The molecule has 0 atom stereocenters. The fourth-order valence-electron chi connectivity index (χ4n) is 3.69. The van der Waals surface area contributed by atoms with E-state index in [4.69, 9.17) is 11.6 Å². The monoisotopic (exact) mass is 535 g/mol. The topological polar surface area (TPSA) is 61.4 Å². The number of benzene rings is 2. The average molecular weight is 536 g/mol. The van der Waals surface area contributed by atoms with Crippen LogP contribution in [0.5, 0.6) is 0 Å². The van der Waals surface area contributed by atoms with Crippen molar-refractivity contribution in [2.75, 3.05) is 38.1 Å². The maximum Gasteiger partial charge on any atom is 0.416 e. The van der Waals surface area contributed by atoms with Crippen LogP contribution >= 0.6 is 23.4 Å². The number of halogens is 4. The predicted octanol–water partition coefficient (Wildman–Crippen LogP) is 5.12. The predicted molar refractivity (Wildman–Crippen MR) is 135 cm³/mol. The molecular weight excluding hydrogens is 511 g/mol. The van der Waals surface area contributed by atoms with Crippen molar-refractivity contribution < 1.29 is 18.0 Å². The number of anilines is 1. The molecule has 190 valence electrons. The molecule has 0 unspecified atom stereocenters. The number of likely N-dealkylation sites (N-methyl/N-ethyl adjacent to an activating group) is 1.